The molecule has 4 rings (SSSR count). The number of morpholine rings is 1. The van der Waals surface area contributed by atoms with Crippen molar-refractivity contribution in [1.82, 2.24) is 14.9 Å². The number of nitrogens with one attached hydrogen (secondary N) is 1. The number of carbonyl (C=O) groups is 1. The maximum absolute atomic E-state index is 12.8. The molecule has 0 unspecified atom stereocenters. The summed E-state index contributed by atoms with van der Waals surface area (Å²) in [7, 11) is 3.16. The van der Waals surface area contributed by atoms with Crippen molar-refractivity contribution in [3.8, 4) is 11.5 Å². The van der Waals surface area contributed by atoms with Crippen LogP contribution in [0.1, 0.15) is 5.69 Å². The first kappa shape index (κ1) is 21.9. The monoisotopic (exact) mass is 442 g/mol. The van der Waals surface area contributed by atoms with Crippen LogP contribution in [0.5, 0.6) is 11.5 Å². The molecule has 1 N–H and O–H groups in total. The lowest BCUT2D eigenvalue weighted by Crippen LogP contribution is -2.50. The number of benzene rings is 1. The van der Waals surface area contributed by atoms with E-state index in [-0.39, 0.29) is 6.03 Å². The van der Waals surface area contributed by atoms with Gasteiger partial charge in [-0.1, -0.05) is 0 Å². The maximum Gasteiger partial charge on any atom is 0.322 e. The van der Waals surface area contributed by atoms with Crippen LogP contribution in [0.3, 0.4) is 0 Å². The first-order valence-corrected chi connectivity index (χ1v) is 10.8. The van der Waals surface area contributed by atoms with E-state index in [2.05, 4.69) is 20.1 Å². The molecule has 0 atom stereocenters. The van der Waals surface area contributed by atoms with Crippen molar-refractivity contribution in [1.29, 1.82) is 0 Å². The van der Waals surface area contributed by atoms with Crippen molar-refractivity contribution in [2.24, 2.45) is 0 Å². The number of aromatic nitrogens is 2. The second-order valence-corrected chi connectivity index (χ2v) is 7.74. The number of ether oxygens (including phenoxy) is 3. The van der Waals surface area contributed by atoms with E-state index in [0.29, 0.717) is 56.6 Å². The van der Waals surface area contributed by atoms with Crippen LogP contribution in [0, 0.1) is 6.92 Å². The third-order valence-corrected chi connectivity index (χ3v) is 5.66. The Balaban J connectivity index is 1.39. The molecule has 0 bridgehead atoms. The summed E-state index contributed by atoms with van der Waals surface area (Å²) >= 11 is 0. The van der Waals surface area contributed by atoms with E-state index < -0.39 is 0 Å². The van der Waals surface area contributed by atoms with Crippen LogP contribution in [0.25, 0.3) is 0 Å². The van der Waals surface area contributed by atoms with Gasteiger partial charge in [0.2, 0.25) is 5.95 Å². The standard InChI is InChI=1S/C22H30N6O4/c1-16-14-20(25-21(23-16)27-10-12-32-13-11-27)26-6-8-28(9-7-26)22(29)24-18-15-17(30-2)4-5-19(18)31-3/h4-5,14-15H,6-13H2,1-3H3,(H,24,29). The minimum absolute atomic E-state index is 0.163. The number of amides is 2. The lowest BCUT2D eigenvalue weighted by atomic mass is 10.2. The molecule has 2 aromatic rings. The molecule has 172 valence electrons. The smallest absolute Gasteiger partial charge is 0.322 e. The first-order valence-electron chi connectivity index (χ1n) is 10.8. The van der Waals surface area contributed by atoms with Crippen LogP contribution in [-0.4, -0.2) is 87.6 Å². The Labute approximate surface area is 188 Å². The zero-order chi connectivity index (χ0) is 22.5. The molecule has 1 aromatic carbocycles. The van der Waals surface area contributed by atoms with Crippen molar-refractivity contribution in [3.05, 3.63) is 30.0 Å². The van der Waals surface area contributed by atoms with Crippen LogP contribution < -0.4 is 24.6 Å². The molecule has 0 radical (unpaired) electrons. The molecule has 10 nitrogen and oxygen atoms in total. The molecular formula is C22H30N6O4. The highest BCUT2D eigenvalue weighted by molar-refractivity contribution is 5.91. The Kier molecular flexibility index (Phi) is 6.79. The summed E-state index contributed by atoms with van der Waals surface area (Å²) in [6.45, 7) is 7.54. The molecule has 2 saturated heterocycles. The minimum atomic E-state index is -0.163. The first-order chi connectivity index (χ1) is 15.6. The van der Waals surface area contributed by atoms with Gasteiger partial charge in [-0.15, -0.1) is 0 Å². The van der Waals surface area contributed by atoms with Crippen LogP contribution in [-0.2, 0) is 4.74 Å². The van der Waals surface area contributed by atoms with E-state index >= 15 is 0 Å². The summed E-state index contributed by atoms with van der Waals surface area (Å²) in [5, 5.41) is 2.94. The Bertz CT molecular complexity index is 942. The minimum Gasteiger partial charge on any atom is -0.497 e. The number of methoxy groups -OCH3 is 2. The molecule has 32 heavy (non-hydrogen) atoms. The molecule has 0 aliphatic carbocycles. The third-order valence-electron chi connectivity index (χ3n) is 5.66. The summed E-state index contributed by atoms with van der Waals surface area (Å²) < 4.78 is 16.1. The van der Waals surface area contributed by atoms with E-state index in [1.807, 2.05) is 13.0 Å². The highest BCUT2D eigenvalue weighted by Gasteiger charge is 2.24. The summed E-state index contributed by atoms with van der Waals surface area (Å²) in [5.41, 5.74) is 1.52. The SMILES string of the molecule is COc1ccc(OC)c(NC(=O)N2CCN(c3cc(C)nc(N4CCOCC4)n3)CC2)c1. The number of aryl methyl sites for hydroxylation is 1. The van der Waals surface area contributed by atoms with Gasteiger partial charge in [0.05, 0.1) is 33.1 Å². The molecule has 2 amide bonds. The highest BCUT2D eigenvalue weighted by Crippen LogP contribution is 2.29. The zero-order valence-electron chi connectivity index (χ0n) is 18.8. The molecular weight excluding hydrogens is 412 g/mol. The number of carbonyl (C=O) groups excluding carboxylic acids is 1. The number of hydrogen-bond donors (Lipinski definition) is 1. The van der Waals surface area contributed by atoms with Crippen LogP contribution >= 0.6 is 0 Å². The molecule has 2 fully saturated rings. The van der Waals surface area contributed by atoms with Gasteiger partial charge in [-0.05, 0) is 19.1 Å². The fraction of sp³-hybridized carbons (Fsp3) is 0.500. The second kappa shape index (κ2) is 9.90. The Morgan fingerprint density at radius 3 is 2.41 bits per heavy atom. The number of urea groups is 1. The Morgan fingerprint density at radius 2 is 1.72 bits per heavy atom. The van der Waals surface area contributed by atoms with Gasteiger partial charge in [-0.3, -0.25) is 0 Å². The number of rotatable bonds is 5. The summed E-state index contributed by atoms with van der Waals surface area (Å²) in [5.74, 6) is 2.88. The number of anilines is 3. The zero-order valence-corrected chi connectivity index (χ0v) is 18.8. The predicted molar refractivity (Wildman–Crippen MR) is 122 cm³/mol. The lowest BCUT2D eigenvalue weighted by molar-refractivity contribution is 0.122. The number of piperazine rings is 1. The lowest BCUT2D eigenvalue weighted by Gasteiger charge is -2.36. The van der Waals surface area contributed by atoms with Gasteiger partial charge >= 0.3 is 6.03 Å². The van der Waals surface area contributed by atoms with Crippen molar-refractivity contribution < 1.29 is 19.0 Å². The molecule has 0 spiro atoms. The van der Waals surface area contributed by atoms with Gasteiger partial charge in [-0.25, -0.2) is 9.78 Å². The fourth-order valence-electron chi connectivity index (χ4n) is 3.85. The highest BCUT2D eigenvalue weighted by atomic mass is 16.5. The fourth-order valence-corrected chi connectivity index (χ4v) is 3.85. The molecule has 10 heteroatoms. The second-order valence-electron chi connectivity index (χ2n) is 7.74. The van der Waals surface area contributed by atoms with Crippen molar-refractivity contribution in [3.63, 3.8) is 0 Å². The van der Waals surface area contributed by atoms with E-state index in [9.17, 15) is 4.79 Å². The van der Waals surface area contributed by atoms with Crippen molar-refractivity contribution in [2.75, 3.05) is 81.8 Å². The average molecular weight is 443 g/mol. The van der Waals surface area contributed by atoms with Gasteiger partial charge in [0.1, 0.15) is 17.3 Å². The summed E-state index contributed by atoms with van der Waals surface area (Å²) in [6.07, 6.45) is 0. The van der Waals surface area contributed by atoms with Crippen molar-refractivity contribution >= 4 is 23.5 Å². The van der Waals surface area contributed by atoms with Gasteiger partial charge in [-0.2, -0.15) is 4.98 Å². The van der Waals surface area contributed by atoms with Gasteiger partial charge in [0.15, 0.2) is 0 Å². The molecule has 2 aliphatic rings. The van der Waals surface area contributed by atoms with Crippen LogP contribution in [0.4, 0.5) is 22.2 Å². The Hall–Kier alpha value is -3.27. The van der Waals surface area contributed by atoms with E-state index in [1.165, 1.54) is 0 Å². The molecule has 3 heterocycles. The van der Waals surface area contributed by atoms with E-state index in [4.69, 9.17) is 19.2 Å². The topological polar surface area (TPSA) is 92.3 Å². The van der Waals surface area contributed by atoms with E-state index in [0.717, 1.165) is 30.5 Å². The quantitative estimate of drug-likeness (QED) is 0.752. The summed E-state index contributed by atoms with van der Waals surface area (Å²) in [4.78, 5) is 28.4. The average Bonchev–Trinajstić information content (AvgIpc) is 2.84. The summed E-state index contributed by atoms with van der Waals surface area (Å²) in [6, 6.07) is 7.16. The number of nitrogens with zero attached hydrogens (tertiary/aromatic N) is 5. The molecule has 1 aromatic heterocycles. The van der Waals surface area contributed by atoms with Crippen molar-refractivity contribution in [2.45, 2.75) is 6.92 Å². The molecule has 2 aliphatic heterocycles. The largest absolute Gasteiger partial charge is 0.497 e. The van der Waals surface area contributed by atoms with E-state index in [1.54, 1.807) is 37.3 Å². The number of hydrogen-bond acceptors (Lipinski definition) is 8. The Morgan fingerprint density at radius 1 is 0.969 bits per heavy atom. The van der Waals surface area contributed by atoms with Gasteiger partial charge in [0.25, 0.3) is 0 Å². The van der Waals surface area contributed by atoms with Gasteiger partial charge < -0.3 is 34.2 Å². The maximum atomic E-state index is 12.8. The van der Waals surface area contributed by atoms with Crippen LogP contribution in [0.2, 0.25) is 0 Å². The van der Waals surface area contributed by atoms with Crippen LogP contribution in [0.15, 0.2) is 24.3 Å². The third kappa shape index (κ3) is 4.96. The van der Waals surface area contributed by atoms with Gasteiger partial charge in [0, 0.05) is 57.1 Å². The normalized spacial score (nSPS) is 16.7. The predicted octanol–water partition coefficient (Wildman–Crippen LogP) is 1.99. The molecule has 0 saturated carbocycles.